The quantitative estimate of drug-likeness (QED) is 0.331. The number of rotatable bonds is 7. The first-order valence-electron chi connectivity index (χ1n) is 11.2. The van der Waals surface area contributed by atoms with Crippen LogP contribution in [0.5, 0.6) is 23.0 Å². The number of fused-ring (bicyclic) bond motifs is 1. The maximum Gasteiger partial charge on any atom is 0.262 e. The lowest BCUT2D eigenvalue weighted by atomic mass is 10.1. The van der Waals surface area contributed by atoms with Gasteiger partial charge in [-0.3, -0.25) is 14.3 Å². The number of halogens is 1. The standard InChI is InChI=1S/C27H22FN5O4/c1-33-26(34)18(15-31-27(33)32-25-6-4-5-10-30-25)16-7-8-22(19(28)12-16)37-21-9-11-29-20-14-24(36-3)23(35-2)13-17(20)21/h4-15H,1-3H3,(H,30,31,32). The number of hydrogen-bond donors (Lipinski definition) is 1. The predicted molar refractivity (Wildman–Crippen MR) is 137 cm³/mol. The lowest BCUT2D eigenvalue weighted by molar-refractivity contribution is 0.355. The number of pyridine rings is 2. The van der Waals surface area contributed by atoms with Gasteiger partial charge >= 0.3 is 0 Å². The van der Waals surface area contributed by atoms with E-state index in [0.717, 1.165) is 0 Å². The number of anilines is 2. The molecule has 2 aromatic carbocycles. The summed E-state index contributed by atoms with van der Waals surface area (Å²) in [7, 11) is 4.64. The molecule has 5 aromatic rings. The average molecular weight is 500 g/mol. The minimum absolute atomic E-state index is 0.00995. The third-order valence-electron chi connectivity index (χ3n) is 5.74. The van der Waals surface area contributed by atoms with Gasteiger partial charge in [0.1, 0.15) is 11.6 Å². The fraction of sp³-hybridized carbons (Fsp3) is 0.111. The molecule has 0 aliphatic carbocycles. The molecule has 0 bridgehead atoms. The third-order valence-corrected chi connectivity index (χ3v) is 5.74. The zero-order chi connectivity index (χ0) is 25.9. The SMILES string of the molecule is COc1cc2nccc(Oc3ccc(-c4cnc(Nc5ccccn5)n(C)c4=O)cc3F)c2cc1OC. The second-order valence-corrected chi connectivity index (χ2v) is 7.98. The molecule has 0 amide bonds. The van der Waals surface area contributed by atoms with Crippen LogP contribution in [-0.4, -0.2) is 33.7 Å². The molecule has 0 aliphatic rings. The molecule has 10 heteroatoms. The number of benzene rings is 2. The molecule has 0 fully saturated rings. The van der Waals surface area contributed by atoms with Gasteiger partial charge in [0.25, 0.3) is 5.56 Å². The highest BCUT2D eigenvalue weighted by Gasteiger charge is 2.15. The van der Waals surface area contributed by atoms with Gasteiger partial charge in [-0.15, -0.1) is 0 Å². The van der Waals surface area contributed by atoms with E-state index in [1.54, 1.807) is 55.8 Å². The van der Waals surface area contributed by atoms with Crippen molar-refractivity contribution in [2.24, 2.45) is 7.05 Å². The van der Waals surface area contributed by atoms with E-state index >= 15 is 4.39 Å². The summed E-state index contributed by atoms with van der Waals surface area (Å²) in [6.07, 6.45) is 4.59. The van der Waals surface area contributed by atoms with Crippen LogP contribution in [0.3, 0.4) is 0 Å². The summed E-state index contributed by atoms with van der Waals surface area (Å²) in [5.74, 6) is 1.61. The van der Waals surface area contributed by atoms with Crippen LogP contribution in [0.25, 0.3) is 22.0 Å². The zero-order valence-corrected chi connectivity index (χ0v) is 20.2. The van der Waals surface area contributed by atoms with Crippen molar-refractivity contribution in [3.8, 4) is 34.1 Å². The molecule has 186 valence electrons. The number of hydrogen-bond acceptors (Lipinski definition) is 8. The smallest absolute Gasteiger partial charge is 0.262 e. The van der Waals surface area contributed by atoms with Gasteiger partial charge in [0.15, 0.2) is 23.1 Å². The van der Waals surface area contributed by atoms with E-state index in [9.17, 15) is 4.79 Å². The van der Waals surface area contributed by atoms with E-state index < -0.39 is 5.82 Å². The Morgan fingerprint density at radius 3 is 2.41 bits per heavy atom. The fourth-order valence-corrected chi connectivity index (χ4v) is 3.82. The van der Waals surface area contributed by atoms with Crippen LogP contribution >= 0.6 is 0 Å². The Bertz CT molecular complexity index is 1660. The molecule has 37 heavy (non-hydrogen) atoms. The van der Waals surface area contributed by atoms with Crippen LogP contribution < -0.4 is 25.1 Å². The summed E-state index contributed by atoms with van der Waals surface area (Å²) < 4.78 is 33.1. The van der Waals surface area contributed by atoms with E-state index in [1.807, 2.05) is 6.07 Å². The Balaban J connectivity index is 1.45. The molecule has 0 saturated carbocycles. The molecule has 0 radical (unpaired) electrons. The largest absolute Gasteiger partial charge is 0.493 e. The van der Waals surface area contributed by atoms with Gasteiger partial charge in [0.05, 0.1) is 25.3 Å². The Hall–Kier alpha value is -4.99. The molecule has 1 N–H and O–H groups in total. The minimum atomic E-state index is -0.638. The summed E-state index contributed by atoms with van der Waals surface area (Å²) in [6.45, 7) is 0. The first-order chi connectivity index (χ1) is 18.0. The van der Waals surface area contributed by atoms with Crippen LogP contribution in [-0.2, 0) is 7.05 Å². The summed E-state index contributed by atoms with van der Waals surface area (Å²) in [5, 5.41) is 3.62. The highest BCUT2D eigenvalue weighted by Crippen LogP contribution is 2.37. The molecule has 5 rings (SSSR count). The highest BCUT2D eigenvalue weighted by molar-refractivity contribution is 5.88. The van der Waals surface area contributed by atoms with Crippen molar-refractivity contribution in [2.75, 3.05) is 19.5 Å². The molecule has 9 nitrogen and oxygen atoms in total. The monoisotopic (exact) mass is 499 g/mol. The predicted octanol–water partition coefficient (Wildman–Crippen LogP) is 5.08. The van der Waals surface area contributed by atoms with Crippen molar-refractivity contribution >= 4 is 22.7 Å². The molecule has 0 aliphatic heterocycles. The van der Waals surface area contributed by atoms with Gasteiger partial charge in [-0.1, -0.05) is 12.1 Å². The number of aromatic nitrogens is 4. The van der Waals surface area contributed by atoms with Crippen LogP contribution in [0.1, 0.15) is 0 Å². The second kappa shape index (κ2) is 9.94. The van der Waals surface area contributed by atoms with Crippen LogP contribution in [0, 0.1) is 5.82 Å². The second-order valence-electron chi connectivity index (χ2n) is 7.98. The third kappa shape index (κ3) is 4.64. The molecule has 3 aromatic heterocycles. The van der Waals surface area contributed by atoms with E-state index in [-0.39, 0.29) is 16.9 Å². The minimum Gasteiger partial charge on any atom is -0.493 e. The molecule has 0 spiro atoms. The maximum absolute atomic E-state index is 15.1. The van der Waals surface area contributed by atoms with Gasteiger partial charge in [-0.2, -0.15) is 0 Å². The molecule has 3 heterocycles. The fourth-order valence-electron chi connectivity index (χ4n) is 3.82. The van der Waals surface area contributed by atoms with Crippen molar-refractivity contribution in [2.45, 2.75) is 0 Å². The van der Waals surface area contributed by atoms with Crippen molar-refractivity contribution in [3.63, 3.8) is 0 Å². The van der Waals surface area contributed by atoms with Crippen LogP contribution in [0.2, 0.25) is 0 Å². The Morgan fingerprint density at radius 2 is 1.68 bits per heavy atom. The van der Waals surface area contributed by atoms with E-state index in [2.05, 4.69) is 20.3 Å². The van der Waals surface area contributed by atoms with Crippen molar-refractivity contribution in [1.29, 1.82) is 0 Å². The first kappa shape index (κ1) is 23.7. The highest BCUT2D eigenvalue weighted by atomic mass is 19.1. The van der Waals surface area contributed by atoms with Crippen LogP contribution in [0.15, 0.2) is 78.0 Å². The molecule has 0 saturated heterocycles. The molecule has 0 unspecified atom stereocenters. The van der Waals surface area contributed by atoms with E-state index in [0.29, 0.717) is 45.5 Å². The lowest BCUT2D eigenvalue weighted by Crippen LogP contribution is -2.22. The molecule has 0 atom stereocenters. The first-order valence-corrected chi connectivity index (χ1v) is 11.2. The van der Waals surface area contributed by atoms with E-state index in [1.165, 1.54) is 37.1 Å². The summed E-state index contributed by atoms with van der Waals surface area (Å²) >= 11 is 0. The Kier molecular flexibility index (Phi) is 6.38. The van der Waals surface area contributed by atoms with Gasteiger partial charge in [-0.05, 0) is 42.0 Å². The molecular weight excluding hydrogens is 477 g/mol. The molecular formula is C27H22FN5O4. The summed E-state index contributed by atoms with van der Waals surface area (Å²) in [5.41, 5.74) is 0.864. The van der Waals surface area contributed by atoms with Crippen LogP contribution in [0.4, 0.5) is 16.2 Å². The lowest BCUT2D eigenvalue weighted by Gasteiger charge is -2.13. The number of nitrogens with one attached hydrogen (secondary N) is 1. The maximum atomic E-state index is 15.1. The normalized spacial score (nSPS) is 10.8. The Morgan fingerprint density at radius 1 is 0.865 bits per heavy atom. The van der Waals surface area contributed by atoms with Crippen molar-refractivity contribution in [3.05, 3.63) is 89.4 Å². The summed E-state index contributed by atoms with van der Waals surface area (Å²) in [4.78, 5) is 25.8. The average Bonchev–Trinajstić information content (AvgIpc) is 2.92. The number of methoxy groups -OCH3 is 2. The number of nitrogens with zero attached hydrogens (tertiary/aromatic N) is 4. The van der Waals surface area contributed by atoms with Crippen molar-refractivity contribution in [1.82, 2.24) is 19.5 Å². The van der Waals surface area contributed by atoms with E-state index in [4.69, 9.17) is 14.2 Å². The van der Waals surface area contributed by atoms with Gasteiger partial charge < -0.3 is 19.5 Å². The Labute approximate surface area is 211 Å². The van der Waals surface area contributed by atoms with Gasteiger partial charge in [0.2, 0.25) is 5.95 Å². The van der Waals surface area contributed by atoms with Crippen molar-refractivity contribution < 1.29 is 18.6 Å². The topological polar surface area (TPSA) is 100 Å². The van der Waals surface area contributed by atoms with Gasteiger partial charge in [-0.25, -0.2) is 14.4 Å². The summed E-state index contributed by atoms with van der Waals surface area (Å²) in [6, 6.07) is 14.7. The zero-order valence-electron chi connectivity index (χ0n) is 20.2. The van der Waals surface area contributed by atoms with Gasteiger partial charge in [0, 0.05) is 37.1 Å². The number of ether oxygens (including phenoxy) is 3.